The second-order valence-corrected chi connectivity index (χ2v) is 7.71. The van der Waals surface area contributed by atoms with E-state index in [1.54, 1.807) is 18.5 Å². The number of carbonyl (C=O) groups is 1. The van der Waals surface area contributed by atoms with Gasteiger partial charge in [0.05, 0.1) is 0 Å². The van der Waals surface area contributed by atoms with E-state index in [9.17, 15) is 4.79 Å². The average Bonchev–Trinajstić information content (AvgIpc) is 2.66. The number of amides is 1. The molecule has 0 bridgehead atoms. The number of carbonyl (C=O) groups excluding carboxylic acids is 1. The first-order chi connectivity index (χ1) is 13.3. The molecule has 0 radical (unpaired) electrons. The van der Waals surface area contributed by atoms with Gasteiger partial charge in [0.15, 0.2) is 0 Å². The van der Waals surface area contributed by atoms with Crippen LogP contribution in [-0.4, -0.2) is 20.9 Å². The molecule has 6 heteroatoms. The Morgan fingerprint density at radius 2 is 1.82 bits per heavy atom. The summed E-state index contributed by atoms with van der Waals surface area (Å²) in [4.78, 5) is 25.3. The van der Waals surface area contributed by atoms with E-state index in [1.165, 1.54) is 5.56 Å². The Bertz CT molecular complexity index is 947. The van der Waals surface area contributed by atoms with Gasteiger partial charge in [-0.2, -0.15) is 0 Å². The molecule has 0 unspecified atom stereocenters. The molecule has 2 heterocycles. The van der Waals surface area contributed by atoms with Gasteiger partial charge in [0.2, 0.25) is 5.95 Å². The molecule has 0 saturated carbocycles. The van der Waals surface area contributed by atoms with E-state index in [0.29, 0.717) is 18.2 Å². The number of anilines is 2. The van der Waals surface area contributed by atoms with E-state index >= 15 is 0 Å². The van der Waals surface area contributed by atoms with Crippen LogP contribution >= 0.6 is 0 Å². The van der Waals surface area contributed by atoms with Crippen LogP contribution in [-0.2, 0) is 12.0 Å². The Morgan fingerprint density at radius 1 is 1.07 bits per heavy atom. The standard InChI is InChI=1S/C22H25N5O/c1-15-12-19(20(28)24-14-16-6-5-11-23-13-16)27-21(25-15)26-18-9-7-17(8-10-18)22(2,3)4/h5-13H,14H2,1-4H3,(H,24,28)(H,25,26,27). The molecular formula is C22H25N5O. The molecule has 1 amide bonds. The molecule has 0 atom stereocenters. The van der Waals surface area contributed by atoms with Crippen molar-refractivity contribution >= 4 is 17.5 Å². The monoisotopic (exact) mass is 375 g/mol. The molecule has 6 nitrogen and oxygen atoms in total. The van der Waals surface area contributed by atoms with Crippen molar-refractivity contribution in [2.75, 3.05) is 5.32 Å². The molecule has 2 aromatic heterocycles. The van der Waals surface area contributed by atoms with Gasteiger partial charge in [-0.05, 0) is 47.7 Å². The van der Waals surface area contributed by atoms with Crippen molar-refractivity contribution in [2.24, 2.45) is 0 Å². The molecule has 144 valence electrons. The third-order valence-corrected chi connectivity index (χ3v) is 4.27. The van der Waals surface area contributed by atoms with Crippen LogP contribution < -0.4 is 10.6 Å². The lowest BCUT2D eigenvalue weighted by Crippen LogP contribution is -2.24. The van der Waals surface area contributed by atoms with Gasteiger partial charge in [0, 0.05) is 30.3 Å². The highest BCUT2D eigenvalue weighted by molar-refractivity contribution is 5.92. The topological polar surface area (TPSA) is 79.8 Å². The Morgan fingerprint density at radius 3 is 2.46 bits per heavy atom. The largest absolute Gasteiger partial charge is 0.347 e. The van der Waals surface area contributed by atoms with Crippen LogP contribution in [0.2, 0.25) is 0 Å². The van der Waals surface area contributed by atoms with Gasteiger partial charge in [0.1, 0.15) is 5.69 Å². The van der Waals surface area contributed by atoms with E-state index in [1.807, 2.05) is 31.2 Å². The summed E-state index contributed by atoms with van der Waals surface area (Å²) in [7, 11) is 0. The van der Waals surface area contributed by atoms with Crippen molar-refractivity contribution in [1.82, 2.24) is 20.3 Å². The summed E-state index contributed by atoms with van der Waals surface area (Å²) in [5.41, 5.74) is 4.19. The maximum absolute atomic E-state index is 12.5. The van der Waals surface area contributed by atoms with E-state index in [2.05, 4.69) is 58.5 Å². The van der Waals surface area contributed by atoms with Gasteiger partial charge in [0.25, 0.3) is 5.91 Å². The Hall–Kier alpha value is -3.28. The zero-order chi connectivity index (χ0) is 20.1. The molecule has 0 saturated heterocycles. The van der Waals surface area contributed by atoms with Gasteiger partial charge >= 0.3 is 0 Å². The number of hydrogen-bond acceptors (Lipinski definition) is 5. The summed E-state index contributed by atoms with van der Waals surface area (Å²) >= 11 is 0. The quantitative estimate of drug-likeness (QED) is 0.700. The molecule has 2 N–H and O–H groups in total. The van der Waals surface area contributed by atoms with E-state index in [-0.39, 0.29) is 11.3 Å². The highest BCUT2D eigenvalue weighted by Gasteiger charge is 2.14. The minimum Gasteiger partial charge on any atom is -0.347 e. The van der Waals surface area contributed by atoms with Crippen LogP contribution in [0.25, 0.3) is 0 Å². The Kier molecular flexibility index (Phi) is 5.68. The minimum atomic E-state index is -0.250. The Labute approximate surface area is 165 Å². The van der Waals surface area contributed by atoms with Crippen LogP contribution in [0, 0.1) is 6.92 Å². The number of nitrogens with zero attached hydrogens (tertiary/aromatic N) is 3. The predicted molar refractivity (Wildman–Crippen MR) is 111 cm³/mol. The maximum atomic E-state index is 12.5. The second kappa shape index (κ2) is 8.17. The molecule has 0 aliphatic carbocycles. The molecule has 28 heavy (non-hydrogen) atoms. The van der Waals surface area contributed by atoms with Gasteiger partial charge < -0.3 is 10.6 Å². The summed E-state index contributed by atoms with van der Waals surface area (Å²) in [6, 6.07) is 13.6. The van der Waals surface area contributed by atoms with E-state index < -0.39 is 0 Å². The highest BCUT2D eigenvalue weighted by Crippen LogP contribution is 2.24. The van der Waals surface area contributed by atoms with Crippen LogP contribution in [0.15, 0.2) is 54.9 Å². The molecular weight excluding hydrogens is 350 g/mol. The van der Waals surface area contributed by atoms with Gasteiger partial charge in [-0.25, -0.2) is 9.97 Å². The average molecular weight is 375 g/mol. The molecule has 1 aromatic carbocycles. The van der Waals surface area contributed by atoms with Gasteiger partial charge in [-0.15, -0.1) is 0 Å². The van der Waals surface area contributed by atoms with Crippen LogP contribution in [0.4, 0.5) is 11.6 Å². The highest BCUT2D eigenvalue weighted by atomic mass is 16.1. The van der Waals surface area contributed by atoms with Crippen LogP contribution in [0.1, 0.15) is 48.1 Å². The summed E-state index contributed by atoms with van der Waals surface area (Å²) in [5, 5.41) is 6.04. The Balaban J connectivity index is 1.71. The fourth-order valence-corrected chi connectivity index (χ4v) is 2.70. The lowest BCUT2D eigenvalue weighted by atomic mass is 9.87. The first kappa shape index (κ1) is 19.5. The number of rotatable bonds is 5. The number of nitrogens with one attached hydrogen (secondary N) is 2. The normalized spacial score (nSPS) is 11.1. The second-order valence-electron chi connectivity index (χ2n) is 7.71. The van der Waals surface area contributed by atoms with E-state index in [4.69, 9.17) is 0 Å². The molecule has 0 aliphatic rings. The number of aryl methyl sites for hydroxylation is 1. The number of aromatic nitrogens is 3. The summed E-state index contributed by atoms with van der Waals surface area (Å²) in [6.45, 7) is 8.76. The number of pyridine rings is 1. The lowest BCUT2D eigenvalue weighted by Gasteiger charge is -2.19. The lowest BCUT2D eigenvalue weighted by molar-refractivity contribution is 0.0945. The third-order valence-electron chi connectivity index (χ3n) is 4.27. The number of benzene rings is 1. The summed E-state index contributed by atoms with van der Waals surface area (Å²) in [5.74, 6) is 0.149. The van der Waals surface area contributed by atoms with Crippen molar-refractivity contribution in [2.45, 2.75) is 39.7 Å². The fourth-order valence-electron chi connectivity index (χ4n) is 2.70. The first-order valence-electron chi connectivity index (χ1n) is 9.21. The van der Waals surface area contributed by atoms with Crippen molar-refractivity contribution in [3.05, 3.63) is 77.4 Å². The summed E-state index contributed by atoms with van der Waals surface area (Å²) in [6.07, 6.45) is 3.42. The third kappa shape index (κ3) is 5.13. The smallest absolute Gasteiger partial charge is 0.270 e. The fraction of sp³-hybridized carbons (Fsp3) is 0.273. The van der Waals surface area contributed by atoms with Crippen molar-refractivity contribution in [3.63, 3.8) is 0 Å². The molecule has 0 aliphatic heterocycles. The molecule has 0 fully saturated rings. The SMILES string of the molecule is Cc1cc(C(=O)NCc2cccnc2)nc(Nc2ccc(C(C)(C)C)cc2)n1. The molecule has 3 rings (SSSR count). The predicted octanol–water partition coefficient (Wildman–Crippen LogP) is 4.15. The molecule has 0 spiro atoms. The van der Waals surface area contributed by atoms with Gasteiger partial charge in [-0.3, -0.25) is 9.78 Å². The van der Waals surface area contributed by atoms with Crippen molar-refractivity contribution in [1.29, 1.82) is 0 Å². The molecule has 3 aromatic rings. The van der Waals surface area contributed by atoms with E-state index in [0.717, 1.165) is 16.9 Å². The van der Waals surface area contributed by atoms with Gasteiger partial charge in [-0.1, -0.05) is 39.0 Å². The zero-order valence-electron chi connectivity index (χ0n) is 16.7. The van der Waals surface area contributed by atoms with Crippen molar-refractivity contribution < 1.29 is 4.79 Å². The van der Waals surface area contributed by atoms with Crippen LogP contribution in [0.5, 0.6) is 0 Å². The first-order valence-corrected chi connectivity index (χ1v) is 9.21. The van der Waals surface area contributed by atoms with Crippen LogP contribution in [0.3, 0.4) is 0 Å². The maximum Gasteiger partial charge on any atom is 0.270 e. The zero-order valence-corrected chi connectivity index (χ0v) is 16.7. The van der Waals surface area contributed by atoms with Crippen molar-refractivity contribution in [3.8, 4) is 0 Å². The number of hydrogen-bond donors (Lipinski definition) is 2. The summed E-state index contributed by atoms with van der Waals surface area (Å²) < 4.78 is 0. The minimum absolute atomic E-state index is 0.0951.